The van der Waals surface area contributed by atoms with E-state index in [0.717, 1.165) is 13.8 Å². The van der Waals surface area contributed by atoms with Crippen LogP contribution in [0.15, 0.2) is 0 Å². The van der Waals surface area contributed by atoms with Crippen molar-refractivity contribution in [2.45, 2.75) is 62.7 Å². The molecule has 17 heteroatoms. The van der Waals surface area contributed by atoms with Crippen molar-refractivity contribution >= 4 is 48.1 Å². The summed E-state index contributed by atoms with van der Waals surface area (Å²) >= 11 is 3.92. The average molecular weight is 525 g/mol. The Morgan fingerprint density at radius 2 is 1.26 bits per heavy atom. The van der Waals surface area contributed by atoms with E-state index in [0.29, 0.717) is 0 Å². The summed E-state index contributed by atoms with van der Waals surface area (Å²) in [5.41, 5.74) is 10.4. The van der Waals surface area contributed by atoms with Gasteiger partial charge in [0.25, 0.3) is 0 Å². The molecule has 0 bridgehead atoms. The quantitative estimate of drug-likeness (QED) is 0.0896. The summed E-state index contributed by atoms with van der Waals surface area (Å²) in [6, 6.07) is -7.85. The van der Waals surface area contributed by atoms with Crippen LogP contribution in [0.2, 0.25) is 0 Å². The molecule has 0 fully saturated rings. The number of primary amides is 1. The van der Waals surface area contributed by atoms with Crippen LogP contribution in [0.1, 0.15) is 20.3 Å². The standard InChI is InChI=1S/C18H32N6O10S/c1-6(26)12(23-16(31)10(5-35)22-14(29)8(19)4-25)17(32)21-9(3-11(20)28)15(30)24-13(7(2)27)18(33)34/h6-10,12-13,25-27,35H,3-5,19H2,1-2H3,(H2,20,28)(H,21,32)(H,22,29)(H,23,31)(H,24,30)(H,33,34)/t6-,7-,8+,9+,10+,12+,13+/m1/s1. The maximum Gasteiger partial charge on any atom is 0.328 e. The third-order valence-electron chi connectivity index (χ3n) is 4.50. The van der Waals surface area contributed by atoms with Gasteiger partial charge in [0, 0.05) is 5.75 Å². The van der Waals surface area contributed by atoms with Crippen molar-refractivity contribution in [3.63, 3.8) is 0 Å². The number of nitrogens with two attached hydrogens (primary N) is 2. The first-order valence-corrected chi connectivity index (χ1v) is 10.8. The van der Waals surface area contributed by atoms with Gasteiger partial charge in [-0.1, -0.05) is 0 Å². The molecule has 0 heterocycles. The number of aliphatic carboxylic acids is 1. The molecule has 0 rings (SSSR count). The van der Waals surface area contributed by atoms with E-state index in [1.165, 1.54) is 0 Å². The largest absolute Gasteiger partial charge is 0.480 e. The molecular formula is C18H32N6O10S. The fourth-order valence-corrected chi connectivity index (χ4v) is 2.79. The van der Waals surface area contributed by atoms with Crippen LogP contribution in [0.5, 0.6) is 0 Å². The van der Waals surface area contributed by atoms with Gasteiger partial charge in [0.2, 0.25) is 29.5 Å². The highest BCUT2D eigenvalue weighted by molar-refractivity contribution is 7.80. The lowest BCUT2D eigenvalue weighted by Crippen LogP contribution is -2.62. The maximum atomic E-state index is 12.7. The number of hydrogen-bond acceptors (Lipinski definition) is 11. The van der Waals surface area contributed by atoms with E-state index in [2.05, 4.69) is 28.6 Å². The number of thiol groups is 1. The number of nitrogens with one attached hydrogen (secondary N) is 4. The van der Waals surface area contributed by atoms with Gasteiger partial charge in [-0.15, -0.1) is 0 Å². The summed E-state index contributed by atoms with van der Waals surface area (Å²) in [6.07, 6.45) is -3.85. The van der Waals surface area contributed by atoms with Crippen LogP contribution in [0.25, 0.3) is 0 Å². The first-order chi connectivity index (χ1) is 16.2. The highest BCUT2D eigenvalue weighted by Crippen LogP contribution is 2.02. The summed E-state index contributed by atoms with van der Waals surface area (Å²) in [6.45, 7) is 1.51. The molecule has 0 aromatic carbocycles. The van der Waals surface area contributed by atoms with E-state index in [9.17, 15) is 39.0 Å². The van der Waals surface area contributed by atoms with E-state index >= 15 is 0 Å². The van der Waals surface area contributed by atoms with Gasteiger partial charge in [0.15, 0.2) is 6.04 Å². The van der Waals surface area contributed by atoms with Gasteiger partial charge in [-0.25, -0.2) is 4.79 Å². The molecule has 0 saturated carbocycles. The molecule has 0 unspecified atom stereocenters. The Bertz CT molecular complexity index is 796. The van der Waals surface area contributed by atoms with Gasteiger partial charge in [-0.2, -0.15) is 12.6 Å². The Morgan fingerprint density at radius 3 is 1.66 bits per heavy atom. The normalized spacial score (nSPS) is 16.9. The highest BCUT2D eigenvalue weighted by atomic mass is 32.1. The van der Waals surface area contributed by atoms with Crippen molar-refractivity contribution in [2.75, 3.05) is 12.4 Å². The summed E-state index contributed by atoms with van der Waals surface area (Å²) < 4.78 is 0. The number of aliphatic hydroxyl groups is 3. The molecule has 200 valence electrons. The number of aliphatic hydroxyl groups excluding tert-OH is 3. The predicted octanol–water partition coefficient (Wildman–Crippen LogP) is -6.10. The van der Waals surface area contributed by atoms with Crippen molar-refractivity contribution < 1.29 is 49.2 Å². The third-order valence-corrected chi connectivity index (χ3v) is 4.86. The lowest BCUT2D eigenvalue weighted by atomic mass is 10.1. The van der Waals surface area contributed by atoms with Gasteiger partial charge in [-0.05, 0) is 13.8 Å². The monoisotopic (exact) mass is 524 g/mol. The first kappa shape index (κ1) is 32.0. The van der Waals surface area contributed by atoms with Crippen molar-refractivity contribution in [2.24, 2.45) is 11.5 Å². The Hall–Kier alpha value is -2.99. The molecule has 35 heavy (non-hydrogen) atoms. The van der Waals surface area contributed by atoms with E-state index in [4.69, 9.17) is 21.7 Å². The molecule has 12 N–H and O–H groups in total. The molecule has 0 aliphatic carbocycles. The van der Waals surface area contributed by atoms with Crippen molar-refractivity contribution in [3.8, 4) is 0 Å². The molecule has 0 aromatic rings. The number of carbonyl (C=O) groups excluding carboxylic acids is 5. The van der Waals surface area contributed by atoms with E-state index in [1.807, 2.05) is 5.32 Å². The second kappa shape index (κ2) is 15.1. The fraction of sp³-hybridized carbons (Fsp3) is 0.667. The zero-order valence-corrected chi connectivity index (χ0v) is 19.9. The molecule has 0 aliphatic heterocycles. The molecule has 0 spiro atoms. The lowest BCUT2D eigenvalue weighted by Gasteiger charge is -2.27. The van der Waals surface area contributed by atoms with Gasteiger partial charge in [0.05, 0.1) is 25.2 Å². The van der Waals surface area contributed by atoms with Gasteiger partial charge < -0.3 is 53.2 Å². The number of rotatable bonds is 15. The van der Waals surface area contributed by atoms with Crippen molar-refractivity contribution in [3.05, 3.63) is 0 Å². The van der Waals surface area contributed by atoms with Crippen LogP contribution in [0.4, 0.5) is 0 Å². The van der Waals surface area contributed by atoms with E-state index in [1.54, 1.807) is 0 Å². The minimum atomic E-state index is -1.77. The topological polar surface area (TPSA) is 284 Å². The lowest BCUT2D eigenvalue weighted by molar-refractivity contribution is -0.145. The molecular weight excluding hydrogens is 492 g/mol. The Kier molecular flexibility index (Phi) is 13.8. The van der Waals surface area contributed by atoms with Crippen LogP contribution in [-0.4, -0.2) is 111 Å². The molecule has 0 radical (unpaired) electrons. The van der Waals surface area contributed by atoms with E-state index in [-0.39, 0.29) is 5.75 Å². The second-order valence-corrected chi connectivity index (χ2v) is 7.92. The summed E-state index contributed by atoms with van der Waals surface area (Å²) in [5.74, 6) is -7.10. The number of hydrogen-bond donors (Lipinski definition) is 11. The van der Waals surface area contributed by atoms with Crippen LogP contribution < -0.4 is 32.7 Å². The summed E-state index contributed by atoms with van der Waals surface area (Å²) in [4.78, 5) is 72.1. The van der Waals surface area contributed by atoms with Crippen LogP contribution in [0.3, 0.4) is 0 Å². The minimum Gasteiger partial charge on any atom is -0.480 e. The molecule has 0 aliphatic rings. The SMILES string of the molecule is C[C@@H](O)[C@H](NC(=O)[C@H](CC(N)=O)NC(=O)[C@@H](NC(=O)[C@H](CS)NC(=O)[C@@H](N)CO)[C@@H](C)O)C(=O)O. The second-order valence-electron chi connectivity index (χ2n) is 7.56. The van der Waals surface area contributed by atoms with Crippen LogP contribution in [-0.2, 0) is 28.8 Å². The Labute approximate surface area is 205 Å². The summed E-state index contributed by atoms with van der Waals surface area (Å²) in [7, 11) is 0. The molecule has 0 saturated heterocycles. The summed E-state index contributed by atoms with van der Waals surface area (Å²) in [5, 5.41) is 45.9. The average Bonchev–Trinajstić information content (AvgIpc) is 2.76. The smallest absolute Gasteiger partial charge is 0.328 e. The maximum absolute atomic E-state index is 12.7. The predicted molar refractivity (Wildman–Crippen MR) is 121 cm³/mol. The molecule has 0 aromatic heterocycles. The minimum absolute atomic E-state index is 0.257. The zero-order chi connectivity index (χ0) is 27.5. The van der Waals surface area contributed by atoms with E-state index < -0.39 is 91.0 Å². The molecule has 16 nitrogen and oxygen atoms in total. The highest BCUT2D eigenvalue weighted by Gasteiger charge is 2.34. The van der Waals surface area contributed by atoms with Crippen LogP contribution >= 0.6 is 12.6 Å². The molecule has 7 atom stereocenters. The number of carboxylic acids is 1. The number of carboxylic acid groups (broad SMARTS) is 1. The zero-order valence-electron chi connectivity index (χ0n) is 19.0. The van der Waals surface area contributed by atoms with Gasteiger partial charge in [0.1, 0.15) is 24.2 Å². The Balaban J connectivity index is 5.58. The Morgan fingerprint density at radius 1 is 0.800 bits per heavy atom. The molecule has 5 amide bonds. The first-order valence-electron chi connectivity index (χ1n) is 10.2. The van der Waals surface area contributed by atoms with Crippen molar-refractivity contribution in [1.29, 1.82) is 0 Å². The van der Waals surface area contributed by atoms with Gasteiger partial charge in [-0.3, -0.25) is 24.0 Å². The number of carbonyl (C=O) groups is 6. The number of amides is 5. The van der Waals surface area contributed by atoms with Crippen molar-refractivity contribution in [1.82, 2.24) is 21.3 Å². The third kappa shape index (κ3) is 10.9. The van der Waals surface area contributed by atoms with Gasteiger partial charge >= 0.3 is 5.97 Å². The fourth-order valence-electron chi connectivity index (χ4n) is 2.53. The van der Waals surface area contributed by atoms with Crippen LogP contribution in [0, 0.1) is 0 Å².